The summed E-state index contributed by atoms with van der Waals surface area (Å²) >= 11 is 0. The molecule has 0 saturated carbocycles. The summed E-state index contributed by atoms with van der Waals surface area (Å²) in [5.74, 6) is 0. The predicted octanol–water partition coefficient (Wildman–Crippen LogP) is 0.592. The summed E-state index contributed by atoms with van der Waals surface area (Å²) in [6, 6.07) is 0. The van der Waals surface area contributed by atoms with Crippen molar-refractivity contribution in [3.63, 3.8) is 0 Å². The Morgan fingerprint density at radius 2 is 2.33 bits per heavy atom. The SMILES string of the molecule is C=C=C=C[C]=O. The molecule has 0 atom stereocenters. The first-order valence-electron chi connectivity index (χ1n) is 1.39. The van der Waals surface area contributed by atoms with E-state index in [1.54, 1.807) is 0 Å². The number of allylic oxidation sites excluding steroid dienone is 1. The molecule has 6 heavy (non-hydrogen) atoms. The van der Waals surface area contributed by atoms with Crippen LogP contribution in [0, 0.1) is 0 Å². The summed E-state index contributed by atoms with van der Waals surface area (Å²) < 4.78 is 0. The van der Waals surface area contributed by atoms with Crippen molar-refractivity contribution in [1.29, 1.82) is 0 Å². The van der Waals surface area contributed by atoms with Gasteiger partial charge in [0.25, 0.3) is 0 Å². The van der Waals surface area contributed by atoms with E-state index in [1.165, 1.54) is 6.29 Å². The van der Waals surface area contributed by atoms with E-state index in [1.807, 2.05) is 0 Å². The van der Waals surface area contributed by atoms with Gasteiger partial charge in [-0.05, 0) is 6.58 Å². The topological polar surface area (TPSA) is 17.1 Å². The molecule has 0 aromatic heterocycles. The van der Waals surface area contributed by atoms with Gasteiger partial charge in [-0.15, -0.1) is 0 Å². The van der Waals surface area contributed by atoms with E-state index >= 15 is 0 Å². The van der Waals surface area contributed by atoms with Gasteiger partial charge < -0.3 is 0 Å². The Morgan fingerprint density at radius 1 is 1.67 bits per heavy atom. The second-order valence-electron chi connectivity index (χ2n) is 0.583. The lowest BCUT2D eigenvalue weighted by Crippen LogP contribution is -1.47. The molecule has 1 radical (unpaired) electrons. The van der Waals surface area contributed by atoms with Crippen LogP contribution < -0.4 is 0 Å². The highest BCUT2D eigenvalue weighted by molar-refractivity contribution is 5.65. The summed E-state index contributed by atoms with van der Waals surface area (Å²) in [5, 5.41) is 0. The lowest BCUT2D eigenvalue weighted by atomic mass is 10.6. The van der Waals surface area contributed by atoms with Crippen molar-refractivity contribution in [1.82, 2.24) is 0 Å². The third-order valence-corrected chi connectivity index (χ3v) is 0.233. The molecule has 0 fully saturated rings. The molecular weight excluding hydrogens is 76.1 g/mol. The molecule has 0 aromatic carbocycles. The number of rotatable bonds is 1. The number of carbonyl (C=O) groups excluding carboxylic acids is 1. The summed E-state index contributed by atoms with van der Waals surface area (Å²) in [4.78, 5) is 9.25. The van der Waals surface area contributed by atoms with Crippen LogP contribution in [0.5, 0.6) is 0 Å². The molecule has 0 aromatic rings. The van der Waals surface area contributed by atoms with Crippen LogP contribution in [0.2, 0.25) is 0 Å². The van der Waals surface area contributed by atoms with Crippen molar-refractivity contribution >= 4 is 6.29 Å². The van der Waals surface area contributed by atoms with Crippen LogP contribution in [0.15, 0.2) is 24.1 Å². The largest absolute Gasteiger partial charge is 0.285 e. The summed E-state index contributed by atoms with van der Waals surface area (Å²) in [7, 11) is 0. The fourth-order valence-corrected chi connectivity index (χ4v) is 0.0805. The van der Waals surface area contributed by atoms with Crippen LogP contribution in [0.25, 0.3) is 0 Å². The molecule has 0 N–H and O–H groups in total. The number of hydrogen-bond acceptors (Lipinski definition) is 1. The van der Waals surface area contributed by atoms with Gasteiger partial charge in [-0.25, -0.2) is 0 Å². The van der Waals surface area contributed by atoms with Crippen LogP contribution in [-0.4, -0.2) is 6.29 Å². The third-order valence-electron chi connectivity index (χ3n) is 0.233. The Labute approximate surface area is 36.3 Å². The van der Waals surface area contributed by atoms with Gasteiger partial charge in [0.1, 0.15) is 0 Å². The lowest BCUT2D eigenvalue weighted by Gasteiger charge is -1.41. The minimum atomic E-state index is 1.08. The third kappa shape index (κ3) is 2.97. The molecule has 0 aliphatic carbocycles. The van der Waals surface area contributed by atoms with Crippen LogP contribution in [0.4, 0.5) is 0 Å². The Kier molecular flexibility index (Phi) is 3.29. The monoisotopic (exact) mass is 79.0 g/mol. The molecule has 0 unspecified atom stereocenters. The molecule has 0 spiro atoms. The molecule has 0 heterocycles. The lowest BCUT2D eigenvalue weighted by molar-refractivity contribution is 0.564. The van der Waals surface area contributed by atoms with Gasteiger partial charge in [0.2, 0.25) is 6.29 Å². The molecule has 1 nitrogen and oxygen atoms in total. The van der Waals surface area contributed by atoms with Crippen LogP contribution in [0.1, 0.15) is 0 Å². The van der Waals surface area contributed by atoms with E-state index in [4.69, 9.17) is 0 Å². The first kappa shape index (κ1) is 4.97. The number of hydrogen-bond donors (Lipinski definition) is 0. The van der Waals surface area contributed by atoms with Gasteiger partial charge in [-0.3, -0.25) is 4.79 Å². The highest BCUT2D eigenvalue weighted by atomic mass is 16.1. The maximum atomic E-state index is 9.25. The molecule has 0 bridgehead atoms. The molecule has 0 saturated heterocycles. The molecule has 0 aliphatic rings. The average molecular weight is 79.1 g/mol. The van der Waals surface area contributed by atoms with Gasteiger partial charge in [0, 0.05) is 6.08 Å². The average Bonchev–Trinajstić information content (AvgIpc) is 1.61. The Hall–Kier alpha value is -1.03. The predicted molar refractivity (Wildman–Crippen MR) is 22.9 cm³/mol. The minimum Gasteiger partial charge on any atom is -0.285 e. The molecule has 1 heteroatoms. The van der Waals surface area contributed by atoms with Crippen molar-refractivity contribution in [2.45, 2.75) is 0 Å². The highest BCUT2D eigenvalue weighted by Crippen LogP contribution is 1.48. The first-order chi connectivity index (χ1) is 2.91. The van der Waals surface area contributed by atoms with E-state index in [2.05, 4.69) is 18.0 Å². The fraction of sp³-hybridized carbons (Fsp3) is 0. The smallest absolute Gasteiger partial charge is 0.234 e. The van der Waals surface area contributed by atoms with E-state index in [-0.39, 0.29) is 0 Å². The fourth-order valence-electron chi connectivity index (χ4n) is 0.0805. The maximum absolute atomic E-state index is 9.25. The standard InChI is InChI=1S/C5H3O/c1-2-3-4-5-6/h4H,1H2. The van der Waals surface area contributed by atoms with Crippen molar-refractivity contribution in [3.05, 3.63) is 24.1 Å². The van der Waals surface area contributed by atoms with Gasteiger partial charge in [-0.1, -0.05) is 11.5 Å². The highest BCUT2D eigenvalue weighted by Gasteiger charge is 1.50. The molecule has 0 rings (SSSR count). The normalized spacial score (nSPS) is 4.67. The summed E-state index contributed by atoms with van der Waals surface area (Å²) in [6.45, 7) is 3.15. The van der Waals surface area contributed by atoms with Gasteiger partial charge >= 0.3 is 0 Å². The van der Waals surface area contributed by atoms with Gasteiger partial charge in [-0.2, -0.15) is 0 Å². The zero-order chi connectivity index (χ0) is 4.83. The van der Waals surface area contributed by atoms with E-state index in [9.17, 15) is 4.79 Å². The van der Waals surface area contributed by atoms with Gasteiger partial charge in [0.05, 0.1) is 0 Å². The summed E-state index contributed by atoms with van der Waals surface area (Å²) in [6.07, 6.45) is 2.56. The zero-order valence-electron chi connectivity index (χ0n) is 3.19. The van der Waals surface area contributed by atoms with Crippen LogP contribution in [-0.2, 0) is 4.79 Å². The second-order valence-corrected chi connectivity index (χ2v) is 0.583. The van der Waals surface area contributed by atoms with E-state index in [0.717, 1.165) is 6.08 Å². The molecule has 0 aliphatic heterocycles. The first-order valence-corrected chi connectivity index (χ1v) is 1.39. The maximum Gasteiger partial charge on any atom is 0.234 e. The Bertz CT molecular complexity index is 112. The van der Waals surface area contributed by atoms with Crippen molar-refractivity contribution < 1.29 is 4.79 Å². The molecule has 29 valence electrons. The van der Waals surface area contributed by atoms with E-state index in [0.29, 0.717) is 0 Å². The van der Waals surface area contributed by atoms with Crippen molar-refractivity contribution in [2.75, 3.05) is 0 Å². The molecule has 0 amide bonds. The molecular formula is C5H3O. The zero-order valence-corrected chi connectivity index (χ0v) is 3.19. The Morgan fingerprint density at radius 3 is 2.50 bits per heavy atom. The quantitative estimate of drug-likeness (QED) is 0.332. The van der Waals surface area contributed by atoms with Crippen LogP contribution >= 0.6 is 0 Å². The minimum absolute atomic E-state index is 1.08. The van der Waals surface area contributed by atoms with Crippen LogP contribution in [0.3, 0.4) is 0 Å². The Balaban J connectivity index is 3.79. The van der Waals surface area contributed by atoms with Crippen molar-refractivity contribution in [3.8, 4) is 0 Å². The van der Waals surface area contributed by atoms with Crippen molar-refractivity contribution in [2.24, 2.45) is 0 Å². The summed E-state index contributed by atoms with van der Waals surface area (Å²) in [5.41, 5.74) is 4.54. The second kappa shape index (κ2) is 3.97. The van der Waals surface area contributed by atoms with E-state index < -0.39 is 0 Å². The van der Waals surface area contributed by atoms with Gasteiger partial charge in [0.15, 0.2) is 0 Å².